The minimum Gasteiger partial charge on any atom is -0.321 e. The molecule has 1 aliphatic rings. The first kappa shape index (κ1) is 17.5. The zero-order chi connectivity index (χ0) is 19.4. The number of hydrogen-bond donors (Lipinski definition) is 0. The van der Waals surface area contributed by atoms with Gasteiger partial charge in [0.1, 0.15) is 11.3 Å². The highest BCUT2D eigenvalue weighted by atomic mass is 32.3. The molecule has 1 atom stereocenters. The van der Waals surface area contributed by atoms with Crippen LogP contribution in [0.2, 0.25) is 0 Å². The lowest BCUT2D eigenvalue weighted by atomic mass is 10.1. The number of rotatable bonds is 5. The summed E-state index contributed by atoms with van der Waals surface area (Å²) in [6.45, 7) is 0.300. The van der Waals surface area contributed by atoms with Crippen molar-refractivity contribution in [3.63, 3.8) is 0 Å². The van der Waals surface area contributed by atoms with Crippen molar-refractivity contribution in [1.29, 1.82) is 5.26 Å². The van der Waals surface area contributed by atoms with Gasteiger partial charge in [0.25, 0.3) is 5.92 Å². The van der Waals surface area contributed by atoms with Gasteiger partial charge in [-0.05, 0) is 34.4 Å². The lowest BCUT2D eigenvalue weighted by Crippen LogP contribution is -2.21. The lowest BCUT2D eigenvalue weighted by Gasteiger charge is -2.16. The number of benzene rings is 1. The molecule has 0 bridgehead atoms. The van der Waals surface area contributed by atoms with Crippen LogP contribution in [-0.4, -0.2) is 26.7 Å². The molecule has 0 saturated heterocycles. The number of pyridine rings is 1. The second kappa shape index (κ2) is 5.82. The summed E-state index contributed by atoms with van der Waals surface area (Å²) in [6.07, 6.45) is 3.59. The van der Waals surface area contributed by atoms with Gasteiger partial charge >= 0.3 is 0 Å². The first-order valence-corrected chi connectivity index (χ1v) is 10.2. The van der Waals surface area contributed by atoms with Crippen molar-refractivity contribution in [2.24, 2.45) is 4.58 Å². The minimum atomic E-state index is -2.96. The summed E-state index contributed by atoms with van der Waals surface area (Å²) in [5.74, 6) is -2.52. The van der Waals surface area contributed by atoms with Crippen LogP contribution in [0.1, 0.15) is 18.3 Å². The van der Waals surface area contributed by atoms with E-state index in [4.69, 9.17) is 0 Å². The van der Waals surface area contributed by atoms with E-state index in [1.165, 1.54) is 4.57 Å². The molecule has 138 valence electrons. The van der Waals surface area contributed by atoms with Crippen LogP contribution < -0.4 is 0 Å². The Bertz CT molecular complexity index is 1170. The summed E-state index contributed by atoms with van der Waals surface area (Å²) in [6, 6.07) is 7.02. The third kappa shape index (κ3) is 3.06. The van der Waals surface area contributed by atoms with E-state index in [0.29, 0.717) is 39.7 Å². The molecule has 2 aromatic heterocycles. The maximum absolute atomic E-state index is 13.9. The SMILES string of the molecule is CC(F)(F)Cn1c(CC2=CS2(C)N=O)nc2cnc3ccc(C#N)cc3c21. The predicted octanol–water partition coefficient (Wildman–Crippen LogP) is 4.62. The van der Waals surface area contributed by atoms with Crippen molar-refractivity contribution in [3.8, 4) is 6.07 Å². The van der Waals surface area contributed by atoms with Crippen molar-refractivity contribution in [1.82, 2.24) is 14.5 Å². The average molecular weight is 387 g/mol. The summed E-state index contributed by atoms with van der Waals surface area (Å²) in [5, 5.41) is 11.6. The van der Waals surface area contributed by atoms with E-state index >= 15 is 0 Å². The van der Waals surface area contributed by atoms with Gasteiger partial charge < -0.3 is 4.57 Å². The Morgan fingerprint density at radius 1 is 1.37 bits per heavy atom. The third-order valence-electron chi connectivity index (χ3n) is 4.54. The molecule has 1 unspecified atom stereocenters. The summed E-state index contributed by atoms with van der Waals surface area (Å²) < 4.78 is 32.5. The molecule has 0 radical (unpaired) electrons. The molecule has 27 heavy (non-hydrogen) atoms. The molecule has 9 heteroatoms. The van der Waals surface area contributed by atoms with Crippen LogP contribution in [0.3, 0.4) is 0 Å². The topological polar surface area (TPSA) is 83.9 Å². The summed E-state index contributed by atoms with van der Waals surface area (Å²) in [7, 11) is -1.74. The number of nitroso groups, excluding NO2 is 1. The quantitative estimate of drug-likeness (QED) is 0.598. The van der Waals surface area contributed by atoms with Gasteiger partial charge in [-0.1, -0.05) is 10.2 Å². The highest BCUT2D eigenvalue weighted by Crippen LogP contribution is 2.69. The number of imidazole rings is 1. The van der Waals surface area contributed by atoms with Gasteiger partial charge in [-0.2, -0.15) is 5.26 Å². The lowest BCUT2D eigenvalue weighted by molar-refractivity contribution is 0.00436. The van der Waals surface area contributed by atoms with E-state index in [-0.39, 0.29) is 0 Å². The molecule has 1 aliphatic heterocycles. The van der Waals surface area contributed by atoms with Gasteiger partial charge in [-0.15, -0.1) is 4.91 Å². The van der Waals surface area contributed by atoms with Crippen molar-refractivity contribution < 1.29 is 8.78 Å². The molecule has 0 spiro atoms. The molecular formula is C18H15F2N5OS. The van der Waals surface area contributed by atoms with Crippen molar-refractivity contribution >= 4 is 32.2 Å². The number of aromatic nitrogens is 3. The van der Waals surface area contributed by atoms with Gasteiger partial charge in [0.2, 0.25) is 0 Å². The number of fused-ring (bicyclic) bond motifs is 3. The van der Waals surface area contributed by atoms with E-state index in [0.717, 1.165) is 11.8 Å². The molecule has 3 heterocycles. The van der Waals surface area contributed by atoms with Gasteiger partial charge in [-0.25, -0.2) is 13.8 Å². The Hall–Kier alpha value is -2.86. The fourth-order valence-corrected chi connectivity index (χ4v) is 4.68. The molecule has 3 aromatic rings. The molecule has 0 saturated carbocycles. The fraction of sp³-hybridized carbons (Fsp3) is 0.278. The van der Waals surface area contributed by atoms with Gasteiger partial charge in [0.05, 0.1) is 35.4 Å². The van der Waals surface area contributed by atoms with E-state index < -0.39 is 22.7 Å². The number of hydrogen-bond acceptors (Lipinski definition) is 5. The van der Waals surface area contributed by atoms with Crippen LogP contribution in [-0.2, 0) is 13.0 Å². The van der Waals surface area contributed by atoms with E-state index in [1.54, 1.807) is 36.1 Å². The molecule has 0 N–H and O–H groups in total. The smallest absolute Gasteiger partial charge is 0.262 e. The predicted molar refractivity (Wildman–Crippen MR) is 101 cm³/mol. The highest BCUT2D eigenvalue weighted by molar-refractivity contribution is 8.42. The largest absolute Gasteiger partial charge is 0.321 e. The zero-order valence-corrected chi connectivity index (χ0v) is 15.4. The van der Waals surface area contributed by atoms with Gasteiger partial charge in [-0.3, -0.25) is 4.98 Å². The number of halogens is 2. The Morgan fingerprint density at radius 3 is 2.78 bits per heavy atom. The summed E-state index contributed by atoms with van der Waals surface area (Å²) >= 11 is 0. The summed E-state index contributed by atoms with van der Waals surface area (Å²) in [4.78, 5) is 20.6. The number of nitrogens with zero attached hydrogens (tertiary/aromatic N) is 5. The standard InChI is InChI=1S/C18H15F2N5OS/c1-18(19,20)10-25-16(6-12-9-27(12,2)24-26)23-15-8-22-14-4-3-11(7-21)5-13(14)17(15)25/h3-5,8-9H,6,10H2,1-2H3. The third-order valence-corrected chi connectivity index (χ3v) is 6.66. The Morgan fingerprint density at radius 2 is 2.15 bits per heavy atom. The second-order valence-corrected chi connectivity index (χ2v) is 9.58. The summed E-state index contributed by atoms with van der Waals surface area (Å²) in [5.41, 5.74) is 2.02. The van der Waals surface area contributed by atoms with Crippen LogP contribution in [0.5, 0.6) is 0 Å². The van der Waals surface area contributed by atoms with Crippen molar-refractivity contribution in [2.75, 3.05) is 6.26 Å². The minimum absolute atomic E-state index is 0.293. The molecule has 0 aliphatic carbocycles. The van der Waals surface area contributed by atoms with Crippen molar-refractivity contribution in [3.05, 3.63) is 51.0 Å². The van der Waals surface area contributed by atoms with E-state index in [9.17, 15) is 18.9 Å². The fourth-order valence-electron chi connectivity index (χ4n) is 3.16. The van der Waals surface area contributed by atoms with Crippen LogP contribution in [0.25, 0.3) is 21.9 Å². The molecular weight excluding hydrogens is 372 g/mol. The van der Waals surface area contributed by atoms with Crippen LogP contribution in [0.4, 0.5) is 8.78 Å². The molecule has 6 nitrogen and oxygen atoms in total. The first-order valence-electron chi connectivity index (χ1n) is 8.13. The molecule has 0 fully saturated rings. The highest BCUT2D eigenvalue weighted by Gasteiger charge is 2.37. The number of allylic oxidation sites excluding steroid dienone is 1. The molecule has 1 aromatic carbocycles. The molecule has 4 rings (SSSR count). The van der Waals surface area contributed by atoms with E-state index in [1.807, 2.05) is 0 Å². The maximum atomic E-state index is 13.9. The number of alkyl halides is 2. The first-order chi connectivity index (χ1) is 12.7. The number of nitriles is 1. The normalized spacial score (nSPS) is 21.5. The zero-order valence-electron chi connectivity index (χ0n) is 14.6. The monoisotopic (exact) mass is 387 g/mol. The van der Waals surface area contributed by atoms with E-state index in [2.05, 4.69) is 20.6 Å². The Labute approximate surface area is 154 Å². The van der Waals surface area contributed by atoms with Crippen LogP contribution >= 0.6 is 10.2 Å². The van der Waals surface area contributed by atoms with Crippen molar-refractivity contribution in [2.45, 2.75) is 25.8 Å². The average Bonchev–Trinajstić information content (AvgIpc) is 3.14. The maximum Gasteiger partial charge on any atom is 0.262 e. The Balaban J connectivity index is 1.94. The van der Waals surface area contributed by atoms with Gasteiger partial charge in [0, 0.05) is 23.6 Å². The second-order valence-electron chi connectivity index (χ2n) is 6.79. The van der Waals surface area contributed by atoms with Crippen LogP contribution in [0, 0.1) is 16.2 Å². The Kier molecular flexibility index (Phi) is 3.78. The molecule has 0 amide bonds. The van der Waals surface area contributed by atoms with Gasteiger partial charge in [0.15, 0.2) is 0 Å². The van der Waals surface area contributed by atoms with Crippen LogP contribution in [0.15, 0.2) is 39.3 Å².